The molecular weight excluding hydrogens is 438 g/mol. The second kappa shape index (κ2) is 12.3. The SMILES string of the molecule is C=C.C=Cc1ccc(Oc2nc(Oc3ccc(C=C)cc3)nc(Oc3ccc(C=C)cc3)n2)cc1. The van der Waals surface area contributed by atoms with E-state index >= 15 is 0 Å². The molecule has 6 nitrogen and oxygen atoms in total. The molecule has 0 spiro atoms. The molecule has 0 fully saturated rings. The average molecular weight is 464 g/mol. The number of hydrogen-bond acceptors (Lipinski definition) is 6. The Balaban J connectivity index is 0.00000167. The van der Waals surface area contributed by atoms with Gasteiger partial charge in [0.1, 0.15) is 17.2 Å². The second-order valence-electron chi connectivity index (χ2n) is 6.81. The van der Waals surface area contributed by atoms with Gasteiger partial charge >= 0.3 is 18.0 Å². The van der Waals surface area contributed by atoms with Crippen molar-refractivity contribution in [2.45, 2.75) is 0 Å². The van der Waals surface area contributed by atoms with Crippen LogP contribution in [0.1, 0.15) is 16.7 Å². The Morgan fingerprint density at radius 2 is 0.657 bits per heavy atom. The maximum absolute atomic E-state index is 5.82. The van der Waals surface area contributed by atoms with Gasteiger partial charge in [0.05, 0.1) is 0 Å². The number of hydrogen-bond donors (Lipinski definition) is 0. The molecule has 1 heterocycles. The Bertz CT molecular complexity index is 1110. The van der Waals surface area contributed by atoms with E-state index in [1.807, 2.05) is 36.4 Å². The third-order valence-corrected chi connectivity index (χ3v) is 4.55. The maximum Gasteiger partial charge on any atom is 0.331 e. The average Bonchev–Trinajstić information content (AvgIpc) is 2.91. The minimum Gasteiger partial charge on any atom is -0.424 e. The van der Waals surface area contributed by atoms with Crippen molar-refractivity contribution in [2.75, 3.05) is 0 Å². The van der Waals surface area contributed by atoms with Crippen LogP contribution in [0.5, 0.6) is 35.3 Å². The summed E-state index contributed by atoms with van der Waals surface area (Å²) in [7, 11) is 0. The number of aromatic nitrogens is 3. The van der Waals surface area contributed by atoms with E-state index in [0.29, 0.717) is 17.2 Å². The number of rotatable bonds is 9. The molecule has 0 N–H and O–H groups in total. The first-order valence-corrected chi connectivity index (χ1v) is 10.6. The van der Waals surface area contributed by atoms with Gasteiger partial charge in [-0.2, -0.15) is 0 Å². The summed E-state index contributed by atoms with van der Waals surface area (Å²) in [4.78, 5) is 12.8. The fraction of sp³-hybridized carbons (Fsp3) is 0. The van der Waals surface area contributed by atoms with E-state index in [9.17, 15) is 0 Å². The van der Waals surface area contributed by atoms with Crippen LogP contribution in [0.25, 0.3) is 18.2 Å². The zero-order valence-electron chi connectivity index (χ0n) is 19.3. The van der Waals surface area contributed by atoms with E-state index < -0.39 is 0 Å². The highest BCUT2D eigenvalue weighted by atomic mass is 16.5. The Kier molecular flexibility index (Phi) is 8.68. The zero-order chi connectivity index (χ0) is 25.0. The lowest BCUT2D eigenvalue weighted by molar-refractivity contribution is 0.362. The molecular formula is C29H25N3O3. The molecule has 174 valence electrons. The molecule has 6 heteroatoms. The van der Waals surface area contributed by atoms with Crippen LogP contribution in [-0.2, 0) is 0 Å². The van der Waals surface area contributed by atoms with Crippen molar-refractivity contribution in [3.8, 4) is 35.3 Å². The van der Waals surface area contributed by atoms with Crippen molar-refractivity contribution in [2.24, 2.45) is 0 Å². The summed E-state index contributed by atoms with van der Waals surface area (Å²) in [6.07, 6.45) is 5.25. The van der Waals surface area contributed by atoms with E-state index in [-0.39, 0.29) is 18.0 Å². The van der Waals surface area contributed by atoms with Crippen molar-refractivity contribution in [3.63, 3.8) is 0 Å². The van der Waals surface area contributed by atoms with Crippen molar-refractivity contribution in [1.82, 2.24) is 15.0 Å². The first-order valence-electron chi connectivity index (χ1n) is 10.6. The Labute approximate surface area is 205 Å². The Hall–Kier alpha value is -4.97. The van der Waals surface area contributed by atoms with Gasteiger partial charge in [0.25, 0.3) is 0 Å². The molecule has 4 aromatic rings. The highest BCUT2D eigenvalue weighted by Crippen LogP contribution is 2.27. The van der Waals surface area contributed by atoms with E-state index in [4.69, 9.17) is 14.2 Å². The molecule has 0 aliphatic carbocycles. The molecule has 0 aliphatic rings. The molecule has 0 radical (unpaired) electrons. The number of benzene rings is 3. The summed E-state index contributed by atoms with van der Waals surface area (Å²) in [5, 5.41) is 0. The Morgan fingerprint density at radius 1 is 0.429 bits per heavy atom. The van der Waals surface area contributed by atoms with E-state index in [0.717, 1.165) is 16.7 Å². The molecule has 1 aromatic heterocycles. The topological polar surface area (TPSA) is 66.4 Å². The molecule has 0 saturated carbocycles. The van der Waals surface area contributed by atoms with Crippen molar-refractivity contribution in [3.05, 3.63) is 122 Å². The van der Waals surface area contributed by atoms with Crippen LogP contribution in [0.2, 0.25) is 0 Å². The van der Waals surface area contributed by atoms with Gasteiger partial charge in [0.15, 0.2) is 0 Å². The number of nitrogens with zero attached hydrogens (tertiary/aromatic N) is 3. The second-order valence-corrected chi connectivity index (χ2v) is 6.81. The molecule has 0 unspecified atom stereocenters. The van der Waals surface area contributed by atoms with Crippen molar-refractivity contribution >= 4 is 18.2 Å². The quantitative estimate of drug-likeness (QED) is 0.234. The van der Waals surface area contributed by atoms with Crippen LogP contribution < -0.4 is 14.2 Å². The van der Waals surface area contributed by atoms with Crippen LogP contribution in [0, 0.1) is 0 Å². The first kappa shape index (κ1) is 24.7. The molecule has 3 aromatic carbocycles. The molecule has 0 aliphatic heterocycles. The third kappa shape index (κ3) is 7.00. The van der Waals surface area contributed by atoms with Crippen LogP contribution >= 0.6 is 0 Å². The standard InChI is InChI=1S/C27H21N3O3.C2H4/c1-4-19-7-13-22(14-8-19)31-25-28-26(32-23-15-9-20(5-2)10-16-23)30-27(29-25)33-24-17-11-21(6-3)12-18-24;1-2/h4-18H,1-3H2;1-2H2. The Morgan fingerprint density at radius 3 is 0.857 bits per heavy atom. The lowest BCUT2D eigenvalue weighted by atomic mass is 10.2. The monoisotopic (exact) mass is 463 g/mol. The predicted octanol–water partition coefficient (Wildman–Crippen LogP) is 7.98. The van der Waals surface area contributed by atoms with Gasteiger partial charge in [-0.1, -0.05) is 74.4 Å². The summed E-state index contributed by atoms with van der Waals surface area (Å²) < 4.78 is 17.5. The smallest absolute Gasteiger partial charge is 0.331 e. The largest absolute Gasteiger partial charge is 0.424 e. The zero-order valence-corrected chi connectivity index (χ0v) is 19.3. The minimum absolute atomic E-state index is 0.0341. The van der Waals surface area contributed by atoms with E-state index in [2.05, 4.69) is 47.8 Å². The minimum atomic E-state index is 0.0341. The van der Waals surface area contributed by atoms with E-state index in [1.165, 1.54) is 0 Å². The summed E-state index contributed by atoms with van der Waals surface area (Å²) in [6.45, 7) is 17.3. The highest BCUT2D eigenvalue weighted by molar-refractivity contribution is 5.50. The molecule has 4 rings (SSSR count). The molecule has 0 amide bonds. The van der Waals surface area contributed by atoms with Crippen LogP contribution in [-0.4, -0.2) is 15.0 Å². The van der Waals surface area contributed by atoms with E-state index in [1.54, 1.807) is 54.6 Å². The van der Waals surface area contributed by atoms with Gasteiger partial charge in [-0.05, 0) is 53.1 Å². The van der Waals surface area contributed by atoms with Crippen molar-refractivity contribution in [1.29, 1.82) is 0 Å². The van der Waals surface area contributed by atoms with Crippen LogP contribution in [0.15, 0.2) is 106 Å². The van der Waals surface area contributed by atoms with Gasteiger partial charge in [-0.25, -0.2) is 0 Å². The summed E-state index contributed by atoms with van der Waals surface area (Å²) in [6, 6.07) is 22.1. The third-order valence-electron chi connectivity index (χ3n) is 4.55. The van der Waals surface area contributed by atoms with Gasteiger partial charge < -0.3 is 14.2 Å². The van der Waals surface area contributed by atoms with Crippen LogP contribution in [0.4, 0.5) is 0 Å². The summed E-state index contributed by atoms with van der Waals surface area (Å²) in [5.41, 5.74) is 2.91. The van der Waals surface area contributed by atoms with Gasteiger partial charge in [-0.3, -0.25) is 0 Å². The predicted molar refractivity (Wildman–Crippen MR) is 141 cm³/mol. The van der Waals surface area contributed by atoms with Gasteiger partial charge in [-0.15, -0.1) is 28.1 Å². The molecule has 0 atom stereocenters. The van der Waals surface area contributed by atoms with Gasteiger partial charge in [0.2, 0.25) is 0 Å². The molecule has 0 saturated heterocycles. The van der Waals surface area contributed by atoms with Gasteiger partial charge in [0, 0.05) is 0 Å². The number of ether oxygens (including phenoxy) is 3. The molecule has 0 bridgehead atoms. The normalized spacial score (nSPS) is 9.71. The summed E-state index contributed by atoms with van der Waals surface area (Å²) >= 11 is 0. The maximum atomic E-state index is 5.82. The summed E-state index contributed by atoms with van der Waals surface area (Å²) in [5.74, 6) is 1.65. The highest BCUT2D eigenvalue weighted by Gasteiger charge is 2.13. The van der Waals surface area contributed by atoms with Crippen molar-refractivity contribution < 1.29 is 14.2 Å². The van der Waals surface area contributed by atoms with Crippen LogP contribution in [0.3, 0.4) is 0 Å². The first-order chi connectivity index (χ1) is 17.1. The lowest BCUT2D eigenvalue weighted by Gasteiger charge is -2.10. The fourth-order valence-corrected chi connectivity index (χ4v) is 2.79. The lowest BCUT2D eigenvalue weighted by Crippen LogP contribution is -2.01. The molecule has 35 heavy (non-hydrogen) atoms. The fourth-order valence-electron chi connectivity index (χ4n) is 2.79.